The number of amides is 2. The van der Waals surface area contributed by atoms with Crippen molar-refractivity contribution in [1.29, 1.82) is 0 Å². The van der Waals surface area contributed by atoms with Gasteiger partial charge in [-0.05, 0) is 62.2 Å². The Labute approximate surface area is 226 Å². The number of anilines is 1. The van der Waals surface area contributed by atoms with Gasteiger partial charge in [0, 0.05) is 22.5 Å². The maximum atomic E-state index is 14.2. The molecular weight excluding hydrogens is 482 g/mol. The van der Waals surface area contributed by atoms with Crippen LogP contribution in [-0.4, -0.2) is 21.4 Å². The number of nitrogens with zero attached hydrogens (tertiary/aromatic N) is 3. The molecule has 2 amide bonds. The summed E-state index contributed by atoms with van der Waals surface area (Å²) >= 11 is 0. The zero-order valence-electron chi connectivity index (χ0n) is 21.9. The van der Waals surface area contributed by atoms with Gasteiger partial charge in [0.2, 0.25) is 0 Å². The monoisotopic (exact) mass is 507 g/mol. The van der Waals surface area contributed by atoms with E-state index in [1.54, 1.807) is 12.3 Å². The van der Waals surface area contributed by atoms with E-state index in [4.69, 9.17) is 0 Å². The van der Waals surface area contributed by atoms with Crippen molar-refractivity contribution in [1.82, 2.24) is 9.55 Å². The van der Waals surface area contributed by atoms with Crippen molar-refractivity contribution in [3.63, 3.8) is 0 Å². The molecule has 3 heterocycles. The van der Waals surface area contributed by atoms with Crippen LogP contribution in [0.5, 0.6) is 0 Å². The van der Waals surface area contributed by atoms with Gasteiger partial charge in [-0.1, -0.05) is 66.2 Å². The van der Waals surface area contributed by atoms with Crippen molar-refractivity contribution in [3.05, 3.63) is 125 Å². The molecule has 1 aliphatic heterocycles. The van der Waals surface area contributed by atoms with Crippen LogP contribution in [0.4, 0.5) is 5.69 Å². The highest BCUT2D eigenvalue weighted by Crippen LogP contribution is 2.41. The van der Waals surface area contributed by atoms with E-state index in [0.717, 1.165) is 49.8 Å². The molecule has 5 nitrogen and oxygen atoms in total. The van der Waals surface area contributed by atoms with E-state index >= 15 is 0 Å². The van der Waals surface area contributed by atoms with Gasteiger partial charge in [-0.3, -0.25) is 14.6 Å². The van der Waals surface area contributed by atoms with Crippen LogP contribution in [-0.2, 0) is 0 Å². The molecule has 0 N–H and O–H groups in total. The molecule has 4 aromatic carbocycles. The molecule has 6 aromatic rings. The molecule has 0 spiro atoms. The highest BCUT2D eigenvalue weighted by atomic mass is 16.2. The Hall–Kier alpha value is -5.03. The third-order valence-corrected chi connectivity index (χ3v) is 7.63. The Bertz CT molecular complexity index is 1960. The van der Waals surface area contributed by atoms with E-state index in [0.29, 0.717) is 22.5 Å². The van der Waals surface area contributed by atoms with Crippen molar-refractivity contribution in [2.75, 3.05) is 4.90 Å². The molecule has 0 unspecified atom stereocenters. The maximum absolute atomic E-state index is 14.2. The smallest absolute Gasteiger partial charge is 0.268 e. The zero-order chi connectivity index (χ0) is 26.8. The summed E-state index contributed by atoms with van der Waals surface area (Å²) in [6, 6.07) is 29.8. The lowest BCUT2D eigenvalue weighted by molar-refractivity contribution is 0.0925. The van der Waals surface area contributed by atoms with E-state index in [9.17, 15) is 9.59 Å². The fourth-order valence-corrected chi connectivity index (χ4v) is 6.18. The minimum atomic E-state index is -0.304. The molecule has 2 aromatic heterocycles. The van der Waals surface area contributed by atoms with Gasteiger partial charge in [0.15, 0.2) is 0 Å². The first-order valence-corrected chi connectivity index (χ1v) is 13.0. The second-order valence-corrected chi connectivity index (χ2v) is 10.2. The Morgan fingerprint density at radius 1 is 0.667 bits per heavy atom. The van der Waals surface area contributed by atoms with Crippen LogP contribution in [0.15, 0.2) is 97.2 Å². The first-order valence-electron chi connectivity index (χ1n) is 13.0. The van der Waals surface area contributed by atoms with Crippen LogP contribution in [0.3, 0.4) is 0 Å². The predicted octanol–water partition coefficient (Wildman–Crippen LogP) is 7.57. The first kappa shape index (κ1) is 23.1. The van der Waals surface area contributed by atoms with Crippen LogP contribution in [0, 0.1) is 20.8 Å². The van der Waals surface area contributed by atoms with Crippen LogP contribution >= 0.6 is 0 Å². The Kier molecular flexibility index (Phi) is 5.04. The predicted molar refractivity (Wildman–Crippen MR) is 156 cm³/mol. The average molecular weight is 508 g/mol. The molecule has 0 saturated heterocycles. The summed E-state index contributed by atoms with van der Waals surface area (Å²) in [5.41, 5.74) is 8.79. The fourth-order valence-electron chi connectivity index (χ4n) is 6.18. The number of para-hydroxylation sites is 2. The molecule has 0 saturated carbocycles. The first-order chi connectivity index (χ1) is 19.0. The number of rotatable bonds is 3. The van der Waals surface area contributed by atoms with Crippen molar-refractivity contribution in [2.45, 2.75) is 20.8 Å². The van der Waals surface area contributed by atoms with E-state index < -0.39 is 0 Å². The SMILES string of the molecule is Cc1cc(C)c(N2C(=O)c3cccc(-n4c5ccccc5c5cccc(-c6ccccn6)c54)c3C2=O)c(C)c1. The quantitative estimate of drug-likeness (QED) is 0.232. The fraction of sp³-hybridized carbons (Fsp3) is 0.0882. The van der Waals surface area contributed by atoms with E-state index in [-0.39, 0.29) is 11.8 Å². The molecule has 0 fully saturated rings. The summed E-state index contributed by atoms with van der Waals surface area (Å²) in [4.78, 5) is 34.0. The summed E-state index contributed by atoms with van der Waals surface area (Å²) < 4.78 is 2.12. The summed E-state index contributed by atoms with van der Waals surface area (Å²) in [6.45, 7) is 5.92. The molecule has 0 bridgehead atoms. The minimum Gasteiger partial charge on any atom is -0.308 e. The van der Waals surface area contributed by atoms with E-state index in [2.05, 4.69) is 33.8 Å². The van der Waals surface area contributed by atoms with Gasteiger partial charge >= 0.3 is 0 Å². The van der Waals surface area contributed by atoms with Gasteiger partial charge in [0.1, 0.15) is 0 Å². The number of carbonyl (C=O) groups is 2. The summed E-state index contributed by atoms with van der Waals surface area (Å²) in [6.07, 6.45) is 1.79. The van der Waals surface area contributed by atoms with Crippen molar-refractivity contribution >= 4 is 39.3 Å². The minimum absolute atomic E-state index is 0.294. The van der Waals surface area contributed by atoms with Crippen molar-refractivity contribution in [3.8, 4) is 16.9 Å². The van der Waals surface area contributed by atoms with Crippen molar-refractivity contribution < 1.29 is 9.59 Å². The van der Waals surface area contributed by atoms with Gasteiger partial charge in [-0.25, -0.2) is 4.90 Å². The summed E-state index contributed by atoms with van der Waals surface area (Å²) in [5, 5.41) is 2.13. The molecule has 7 rings (SSSR count). The number of fused-ring (bicyclic) bond motifs is 4. The highest BCUT2D eigenvalue weighted by molar-refractivity contribution is 6.36. The van der Waals surface area contributed by atoms with Crippen LogP contribution in [0.1, 0.15) is 37.4 Å². The molecule has 0 atom stereocenters. The number of hydrogen-bond donors (Lipinski definition) is 0. The molecule has 0 aliphatic carbocycles. The molecule has 0 radical (unpaired) electrons. The van der Waals surface area contributed by atoms with Crippen LogP contribution < -0.4 is 4.90 Å². The lowest BCUT2D eigenvalue weighted by Crippen LogP contribution is -2.31. The topological polar surface area (TPSA) is 55.2 Å². The molecule has 188 valence electrons. The standard InChI is InChI=1S/C34H25N3O2/c1-20-18-21(2)31(22(3)19-20)37-33(38)26-13-9-16-29(30(26)34(37)39)36-28-15-5-4-10-23(28)24-11-8-12-25(32(24)36)27-14-6-7-17-35-27/h4-19H,1-3H3. The molecule has 1 aliphatic rings. The van der Waals surface area contributed by atoms with Gasteiger partial charge in [0.05, 0.1) is 39.2 Å². The number of pyridine rings is 1. The zero-order valence-corrected chi connectivity index (χ0v) is 21.9. The maximum Gasteiger partial charge on any atom is 0.268 e. The summed E-state index contributed by atoms with van der Waals surface area (Å²) in [7, 11) is 0. The normalized spacial score (nSPS) is 13.1. The van der Waals surface area contributed by atoms with E-state index in [1.807, 2.05) is 81.4 Å². The van der Waals surface area contributed by atoms with Gasteiger partial charge in [-0.2, -0.15) is 0 Å². The molecule has 39 heavy (non-hydrogen) atoms. The molecular formula is C34H25N3O2. The van der Waals surface area contributed by atoms with E-state index in [1.165, 1.54) is 4.90 Å². The largest absolute Gasteiger partial charge is 0.308 e. The Morgan fingerprint density at radius 3 is 2.13 bits per heavy atom. The Balaban J connectivity index is 1.54. The van der Waals surface area contributed by atoms with Gasteiger partial charge < -0.3 is 4.57 Å². The lowest BCUT2D eigenvalue weighted by Gasteiger charge is -2.20. The third kappa shape index (κ3) is 3.29. The lowest BCUT2D eigenvalue weighted by atomic mass is 10.0. The highest BCUT2D eigenvalue weighted by Gasteiger charge is 2.40. The number of benzene rings is 4. The number of carbonyl (C=O) groups excluding carboxylic acids is 2. The second kappa shape index (κ2) is 8.50. The average Bonchev–Trinajstić information content (AvgIpc) is 3.41. The van der Waals surface area contributed by atoms with Crippen molar-refractivity contribution in [2.24, 2.45) is 0 Å². The Morgan fingerprint density at radius 2 is 1.36 bits per heavy atom. The summed E-state index contributed by atoms with van der Waals surface area (Å²) in [5.74, 6) is -0.598. The molecule has 5 heteroatoms. The third-order valence-electron chi connectivity index (χ3n) is 7.63. The number of imide groups is 1. The van der Waals surface area contributed by atoms with Gasteiger partial charge in [0.25, 0.3) is 11.8 Å². The van der Waals surface area contributed by atoms with Crippen LogP contribution in [0.2, 0.25) is 0 Å². The van der Waals surface area contributed by atoms with Gasteiger partial charge in [-0.15, -0.1) is 0 Å². The second-order valence-electron chi connectivity index (χ2n) is 10.2. The number of aryl methyl sites for hydroxylation is 3. The number of aromatic nitrogens is 2. The number of hydrogen-bond acceptors (Lipinski definition) is 3. The van der Waals surface area contributed by atoms with Crippen LogP contribution in [0.25, 0.3) is 38.8 Å².